The first-order valence-electron chi connectivity index (χ1n) is 5.84. The van der Waals surface area contributed by atoms with Gasteiger partial charge < -0.3 is 4.90 Å². The van der Waals surface area contributed by atoms with Crippen LogP contribution in [0.25, 0.3) is 11.1 Å². The molecule has 0 fully saturated rings. The molecule has 0 amide bonds. The second-order valence-electron chi connectivity index (χ2n) is 4.59. The summed E-state index contributed by atoms with van der Waals surface area (Å²) in [4.78, 5) is 1.56. The summed E-state index contributed by atoms with van der Waals surface area (Å²) < 4.78 is 40.9. The second-order valence-corrected chi connectivity index (χ2v) is 4.59. The van der Waals surface area contributed by atoms with Crippen LogP contribution in [0.5, 0.6) is 0 Å². The van der Waals surface area contributed by atoms with Gasteiger partial charge in [0.05, 0.1) is 5.69 Å². The van der Waals surface area contributed by atoms with Crippen LogP contribution in [0, 0.1) is 24.4 Å². The van der Waals surface area contributed by atoms with Crippen LogP contribution in [-0.4, -0.2) is 14.1 Å². The molecule has 0 bridgehead atoms. The molecule has 0 aromatic heterocycles. The maximum atomic E-state index is 14.1. The minimum atomic E-state index is -1.44. The van der Waals surface area contributed by atoms with E-state index < -0.39 is 17.5 Å². The van der Waals surface area contributed by atoms with Crippen LogP contribution < -0.4 is 4.90 Å². The summed E-state index contributed by atoms with van der Waals surface area (Å²) in [5.41, 5.74) is 1.76. The Morgan fingerprint density at radius 1 is 0.947 bits per heavy atom. The highest BCUT2D eigenvalue weighted by Gasteiger charge is 2.21. The first kappa shape index (κ1) is 13.5. The number of hydrogen-bond donors (Lipinski definition) is 0. The number of benzene rings is 2. The molecule has 0 unspecified atom stereocenters. The van der Waals surface area contributed by atoms with Crippen molar-refractivity contribution in [3.05, 3.63) is 53.3 Å². The fraction of sp³-hybridized carbons (Fsp3) is 0.200. The predicted molar refractivity (Wildman–Crippen MR) is 70.8 cm³/mol. The van der Waals surface area contributed by atoms with Gasteiger partial charge in [-0.1, -0.05) is 24.3 Å². The largest absolute Gasteiger partial charge is 0.377 e. The van der Waals surface area contributed by atoms with Crippen LogP contribution in [0.3, 0.4) is 0 Å². The Morgan fingerprint density at radius 2 is 1.58 bits per heavy atom. The third kappa shape index (κ3) is 2.30. The maximum absolute atomic E-state index is 14.1. The zero-order chi connectivity index (χ0) is 14.2. The Bertz CT molecular complexity index is 621. The van der Waals surface area contributed by atoms with E-state index in [2.05, 4.69) is 0 Å². The molecule has 0 N–H and O–H groups in total. The van der Waals surface area contributed by atoms with E-state index in [0.29, 0.717) is 11.3 Å². The monoisotopic (exact) mass is 265 g/mol. The van der Waals surface area contributed by atoms with Crippen LogP contribution in [0.4, 0.5) is 18.9 Å². The van der Waals surface area contributed by atoms with Gasteiger partial charge in [0.15, 0.2) is 17.5 Å². The van der Waals surface area contributed by atoms with E-state index in [1.165, 1.54) is 0 Å². The maximum Gasteiger partial charge on any atom is 0.195 e. The Hall–Kier alpha value is -1.97. The van der Waals surface area contributed by atoms with Gasteiger partial charge in [-0.3, -0.25) is 0 Å². The third-order valence-corrected chi connectivity index (χ3v) is 3.04. The van der Waals surface area contributed by atoms with E-state index in [1.54, 1.807) is 44.1 Å². The molecule has 0 aliphatic rings. The number of hydrogen-bond acceptors (Lipinski definition) is 1. The van der Waals surface area contributed by atoms with Crippen molar-refractivity contribution in [3.8, 4) is 11.1 Å². The van der Waals surface area contributed by atoms with Gasteiger partial charge in [-0.15, -0.1) is 0 Å². The molecule has 1 nitrogen and oxygen atoms in total. The molecule has 0 radical (unpaired) electrons. The SMILES string of the molecule is Cc1ccccc1-c1c(N(C)C)cc(F)c(F)c1F. The number of nitrogens with zero attached hydrogens (tertiary/aromatic N) is 1. The van der Waals surface area contributed by atoms with Crippen LogP contribution in [0.2, 0.25) is 0 Å². The summed E-state index contributed by atoms with van der Waals surface area (Å²) in [7, 11) is 3.32. The van der Waals surface area contributed by atoms with Gasteiger partial charge in [0, 0.05) is 25.7 Å². The normalized spacial score (nSPS) is 10.6. The summed E-state index contributed by atoms with van der Waals surface area (Å²) in [6.45, 7) is 1.80. The molecule has 0 saturated carbocycles. The first-order valence-corrected chi connectivity index (χ1v) is 5.84. The highest BCUT2D eigenvalue weighted by atomic mass is 19.2. The topological polar surface area (TPSA) is 3.24 Å². The van der Waals surface area contributed by atoms with Gasteiger partial charge in [-0.25, -0.2) is 13.2 Å². The highest BCUT2D eigenvalue weighted by Crippen LogP contribution is 2.36. The van der Waals surface area contributed by atoms with E-state index in [1.807, 2.05) is 6.07 Å². The van der Waals surface area contributed by atoms with Crippen molar-refractivity contribution in [1.82, 2.24) is 0 Å². The van der Waals surface area contributed by atoms with Crippen molar-refractivity contribution in [2.24, 2.45) is 0 Å². The fourth-order valence-corrected chi connectivity index (χ4v) is 2.04. The molecule has 19 heavy (non-hydrogen) atoms. The first-order chi connectivity index (χ1) is 8.93. The molecule has 0 aliphatic heterocycles. The summed E-state index contributed by atoms with van der Waals surface area (Å²) >= 11 is 0. The third-order valence-electron chi connectivity index (χ3n) is 3.04. The molecule has 4 heteroatoms. The van der Waals surface area contributed by atoms with E-state index >= 15 is 0 Å². The van der Waals surface area contributed by atoms with Crippen molar-refractivity contribution in [3.63, 3.8) is 0 Å². The lowest BCUT2D eigenvalue weighted by molar-refractivity contribution is 0.449. The highest BCUT2D eigenvalue weighted by molar-refractivity contribution is 5.81. The lowest BCUT2D eigenvalue weighted by atomic mass is 9.97. The molecule has 0 saturated heterocycles. The Balaban J connectivity index is 2.82. The Labute approximate surface area is 110 Å². The van der Waals surface area contributed by atoms with Crippen LogP contribution in [0.1, 0.15) is 5.56 Å². The van der Waals surface area contributed by atoms with E-state index in [9.17, 15) is 13.2 Å². The molecular weight excluding hydrogens is 251 g/mol. The summed E-state index contributed by atoms with van der Waals surface area (Å²) in [5, 5.41) is 0. The van der Waals surface area contributed by atoms with Crippen LogP contribution in [0.15, 0.2) is 30.3 Å². The Morgan fingerprint density at radius 3 is 2.16 bits per heavy atom. The average molecular weight is 265 g/mol. The zero-order valence-corrected chi connectivity index (χ0v) is 11.0. The van der Waals surface area contributed by atoms with Gasteiger partial charge in [0.2, 0.25) is 0 Å². The molecule has 2 aromatic rings. The van der Waals surface area contributed by atoms with Crippen molar-refractivity contribution in [2.75, 3.05) is 19.0 Å². The van der Waals surface area contributed by atoms with Gasteiger partial charge >= 0.3 is 0 Å². The lowest BCUT2D eigenvalue weighted by Gasteiger charge is -2.20. The Kier molecular flexibility index (Phi) is 3.51. The molecule has 0 aliphatic carbocycles. The number of rotatable bonds is 2. The average Bonchev–Trinajstić information content (AvgIpc) is 2.37. The molecule has 2 rings (SSSR count). The van der Waals surface area contributed by atoms with E-state index in [0.717, 1.165) is 11.6 Å². The van der Waals surface area contributed by atoms with Gasteiger partial charge in [0.25, 0.3) is 0 Å². The van der Waals surface area contributed by atoms with Crippen LogP contribution >= 0.6 is 0 Å². The molecule has 0 heterocycles. The quantitative estimate of drug-likeness (QED) is 0.737. The molecular formula is C15H14F3N. The minimum Gasteiger partial charge on any atom is -0.377 e. The summed E-state index contributed by atoms with van der Waals surface area (Å²) in [6, 6.07) is 8.06. The smallest absolute Gasteiger partial charge is 0.195 e. The van der Waals surface area contributed by atoms with Crippen molar-refractivity contribution in [1.29, 1.82) is 0 Å². The lowest BCUT2D eigenvalue weighted by Crippen LogP contribution is -2.13. The van der Waals surface area contributed by atoms with Gasteiger partial charge in [-0.2, -0.15) is 0 Å². The second kappa shape index (κ2) is 4.96. The fourth-order valence-electron chi connectivity index (χ4n) is 2.04. The predicted octanol–water partition coefficient (Wildman–Crippen LogP) is 4.15. The standard InChI is InChI=1S/C15H14F3N/c1-9-6-4-5-7-10(9)13-12(19(2)3)8-11(16)14(17)15(13)18/h4-8H,1-3H3. The van der Waals surface area contributed by atoms with E-state index in [4.69, 9.17) is 0 Å². The van der Waals surface area contributed by atoms with Gasteiger partial charge in [-0.05, 0) is 18.1 Å². The molecule has 0 spiro atoms. The minimum absolute atomic E-state index is 0.0852. The number of aryl methyl sites for hydroxylation is 1. The van der Waals surface area contributed by atoms with E-state index in [-0.39, 0.29) is 5.56 Å². The summed E-state index contributed by atoms with van der Waals surface area (Å²) in [5.74, 6) is -3.78. The zero-order valence-electron chi connectivity index (χ0n) is 11.0. The van der Waals surface area contributed by atoms with Crippen molar-refractivity contribution >= 4 is 5.69 Å². The summed E-state index contributed by atoms with van der Waals surface area (Å²) in [6.07, 6.45) is 0. The molecule has 0 atom stereocenters. The number of anilines is 1. The van der Waals surface area contributed by atoms with Crippen molar-refractivity contribution in [2.45, 2.75) is 6.92 Å². The molecule has 2 aromatic carbocycles. The van der Waals surface area contributed by atoms with Crippen LogP contribution in [-0.2, 0) is 0 Å². The number of halogens is 3. The molecule has 100 valence electrons. The van der Waals surface area contributed by atoms with Crippen molar-refractivity contribution < 1.29 is 13.2 Å². The van der Waals surface area contributed by atoms with Gasteiger partial charge in [0.1, 0.15) is 0 Å².